The molecular weight excluding hydrogens is 352 g/mol. The van der Waals surface area contributed by atoms with Gasteiger partial charge in [-0.05, 0) is 44.5 Å². The topological polar surface area (TPSA) is 119 Å². The molecule has 2 aromatic carbocycles. The number of nitro groups is 1. The largest absolute Gasteiger partial charge is 0.489 e. The smallest absolute Gasteiger partial charge is 0.335 e. The van der Waals surface area contributed by atoms with E-state index in [4.69, 9.17) is 9.84 Å². The second-order valence-corrected chi connectivity index (χ2v) is 6.09. The second kappa shape index (κ2) is 8.31. The first-order valence-electron chi connectivity index (χ1n) is 8.35. The summed E-state index contributed by atoms with van der Waals surface area (Å²) in [6.45, 7) is 5.38. The Labute approximate surface area is 155 Å². The van der Waals surface area contributed by atoms with Gasteiger partial charge in [-0.1, -0.05) is 13.0 Å². The minimum atomic E-state index is -1.15. The van der Waals surface area contributed by atoms with Crippen LogP contribution in [0.15, 0.2) is 36.4 Å². The molecule has 27 heavy (non-hydrogen) atoms. The number of amides is 1. The van der Waals surface area contributed by atoms with Gasteiger partial charge in [-0.15, -0.1) is 0 Å². The molecule has 8 nitrogen and oxygen atoms in total. The molecule has 2 rings (SSSR count). The minimum Gasteiger partial charge on any atom is -0.489 e. The van der Waals surface area contributed by atoms with E-state index in [2.05, 4.69) is 5.32 Å². The zero-order valence-corrected chi connectivity index (χ0v) is 15.2. The predicted molar refractivity (Wildman–Crippen MR) is 99.6 cm³/mol. The lowest BCUT2D eigenvalue weighted by atomic mass is 10.1. The Bertz CT molecular complexity index is 892. The summed E-state index contributed by atoms with van der Waals surface area (Å²) in [5.74, 6) is -1.44. The number of hydrogen-bond donors (Lipinski definition) is 2. The van der Waals surface area contributed by atoms with E-state index in [-0.39, 0.29) is 28.6 Å². The molecule has 0 radical (unpaired) electrons. The molecular formula is C19H20N2O6. The van der Waals surface area contributed by atoms with Crippen molar-refractivity contribution in [3.8, 4) is 5.75 Å². The molecule has 0 aliphatic carbocycles. The number of nitro benzene ring substituents is 1. The van der Waals surface area contributed by atoms with Crippen molar-refractivity contribution in [2.75, 3.05) is 5.32 Å². The van der Waals surface area contributed by atoms with Gasteiger partial charge in [0, 0.05) is 17.2 Å². The fourth-order valence-corrected chi connectivity index (χ4v) is 2.49. The fraction of sp³-hybridized carbons (Fsp3) is 0.263. The van der Waals surface area contributed by atoms with Gasteiger partial charge in [0.2, 0.25) is 0 Å². The minimum absolute atomic E-state index is 0.0197. The molecule has 0 heterocycles. The first kappa shape index (κ1) is 19.9. The maximum atomic E-state index is 12.6. The van der Waals surface area contributed by atoms with E-state index in [1.165, 1.54) is 36.4 Å². The molecule has 2 aromatic rings. The van der Waals surface area contributed by atoms with E-state index in [0.29, 0.717) is 17.7 Å². The summed E-state index contributed by atoms with van der Waals surface area (Å²) < 4.78 is 5.60. The molecule has 0 aromatic heterocycles. The van der Waals surface area contributed by atoms with E-state index in [9.17, 15) is 19.7 Å². The number of carbonyl (C=O) groups is 2. The van der Waals surface area contributed by atoms with Crippen LogP contribution in [0.5, 0.6) is 5.75 Å². The van der Waals surface area contributed by atoms with Gasteiger partial charge in [0.25, 0.3) is 11.6 Å². The lowest BCUT2D eigenvalue weighted by Crippen LogP contribution is -2.15. The highest BCUT2D eigenvalue weighted by molar-refractivity contribution is 6.06. The molecule has 2 N–H and O–H groups in total. The standard InChI is InChI=1S/C19H20N2O6/c1-4-12-5-6-13(10-16(12)21(25)26)18(22)20-15-9-14(19(23)24)7-8-17(15)27-11(2)3/h5-11H,4H2,1-3H3,(H,20,22)(H,23,24). The third-order valence-corrected chi connectivity index (χ3v) is 3.76. The van der Waals surface area contributed by atoms with E-state index in [1.54, 1.807) is 20.8 Å². The summed E-state index contributed by atoms with van der Waals surface area (Å²) in [5, 5.41) is 22.9. The van der Waals surface area contributed by atoms with Crippen molar-refractivity contribution >= 4 is 23.3 Å². The molecule has 0 aliphatic heterocycles. The average molecular weight is 372 g/mol. The van der Waals surface area contributed by atoms with Crippen molar-refractivity contribution in [3.05, 3.63) is 63.2 Å². The number of aryl methyl sites for hydroxylation is 1. The third-order valence-electron chi connectivity index (χ3n) is 3.76. The Kier molecular flexibility index (Phi) is 6.12. The highest BCUT2D eigenvalue weighted by Crippen LogP contribution is 2.28. The number of benzene rings is 2. The summed E-state index contributed by atoms with van der Waals surface area (Å²) in [7, 11) is 0. The number of carbonyl (C=O) groups excluding carboxylic acids is 1. The van der Waals surface area contributed by atoms with E-state index in [1.807, 2.05) is 0 Å². The molecule has 8 heteroatoms. The first-order valence-corrected chi connectivity index (χ1v) is 8.35. The Morgan fingerprint density at radius 2 is 1.85 bits per heavy atom. The molecule has 0 aliphatic rings. The van der Waals surface area contributed by atoms with Gasteiger partial charge in [0.1, 0.15) is 5.75 Å². The first-order chi connectivity index (χ1) is 12.7. The zero-order valence-electron chi connectivity index (χ0n) is 15.2. The van der Waals surface area contributed by atoms with Crippen LogP contribution < -0.4 is 10.1 Å². The normalized spacial score (nSPS) is 10.5. The number of nitrogens with one attached hydrogen (secondary N) is 1. The van der Waals surface area contributed by atoms with Gasteiger partial charge >= 0.3 is 5.97 Å². The van der Waals surface area contributed by atoms with E-state index >= 15 is 0 Å². The number of carboxylic acid groups (broad SMARTS) is 1. The fourth-order valence-electron chi connectivity index (χ4n) is 2.49. The van der Waals surface area contributed by atoms with Gasteiger partial charge in [-0.3, -0.25) is 14.9 Å². The highest BCUT2D eigenvalue weighted by Gasteiger charge is 2.18. The Balaban J connectivity index is 2.39. The lowest BCUT2D eigenvalue weighted by Gasteiger charge is -2.15. The molecule has 0 spiro atoms. The van der Waals surface area contributed by atoms with Crippen molar-refractivity contribution in [1.82, 2.24) is 0 Å². The summed E-state index contributed by atoms with van der Waals surface area (Å²) in [6.07, 6.45) is 0.270. The predicted octanol–water partition coefficient (Wildman–Crippen LogP) is 3.89. The summed E-state index contributed by atoms with van der Waals surface area (Å²) in [6, 6.07) is 8.35. The number of anilines is 1. The van der Waals surface area contributed by atoms with Gasteiger partial charge < -0.3 is 15.2 Å². The summed E-state index contributed by atoms with van der Waals surface area (Å²) >= 11 is 0. The average Bonchev–Trinajstić information content (AvgIpc) is 2.61. The molecule has 0 bridgehead atoms. The van der Waals surface area contributed by atoms with Crippen molar-refractivity contribution in [2.45, 2.75) is 33.3 Å². The molecule has 0 saturated heterocycles. The van der Waals surface area contributed by atoms with Crippen LogP contribution >= 0.6 is 0 Å². The van der Waals surface area contributed by atoms with Crippen molar-refractivity contribution in [1.29, 1.82) is 0 Å². The van der Waals surface area contributed by atoms with Gasteiger partial charge in [0.15, 0.2) is 0 Å². The van der Waals surface area contributed by atoms with Crippen LogP contribution in [0.4, 0.5) is 11.4 Å². The van der Waals surface area contributed by atoms with E-state index < -0.39 is 16.8 Å². The number of nitrogens with zero attached hydrogens (tertiary/aromatic N) is 1. The van der Waals surface area contributed by atoms with Crippen LogP contribution in [0.3, 0.4) is 0 Å². The van der Waals surface area contributed by atoms with Crippen LogP contribution in [-0.4, -0.2) is 28.0 Å². The SMILES string of the molecule is CCc1ccc(C(=O)Nc2cc(C(=O)O)ccc2OC(C)C)cc1[N+](=O)[O-]. The van der Waals surface area contributed by atoms with E-state index in [0.717, 1.165) is 0 Å². The maximum Gasteiger partial charge on any atom is 0.335 e. The zero-order chi connectivity index (χ0) is 20.1. The molecule has 0 saturated carbocycles. The monoisotopic (exact) mass is 372 g/mol. The van der Waals surface area contributed by atoms with Crippen LogP contribution in [0, 0.1) is 10.1 Å². The van der Waals surface area contributed by atoms with Crippen LogP contribution in [0.1, 0.15) is 47.1 Å². The van der Waals surface area contributed by atoms with Gasteiger partial charge in [0.05, 0.1) is 22.3 Å². The summed E-state index contributed by atoms with van der Waals surface area (Å²) in [5.41, 5.74) is 0.635. The lowest BCUT2D eigenvalue weighted by molar-refractivity contribution is -0.385. The van der Waals surface area contributed by atoms with Crippen LogP contribution in [0.2, 0.25) is 0 Å². The molecule has 142 valence electrons. The maximum absolute atomic E-state index is 12.6. The molecule has 1 amide bonds. The third kappa shape index (κ3) is 4.81. The number of ether oxygens (including phenoxy) is 1. The number of carboxylic acids is 1. The molecule has 0 fully saturated rings. The second-order valence-electron chi connectivity index (χ2n) is 6.09. The number of aromatic carboxylic acids is 1. The Hall–Kier alpha value is -3.42. The molecule has 0 atom stereocenters. The van der Waals surface area contributed by atoms with Crippen LogP contribution in [-0.2, 0) is 6.42 Å². The van der Waals surface area contributed by atoms with Gasteiger partial charge in [-0.2, -0.15) is 0 Å². The molecule has 0 unspecified atom stereocenters. The van der Waals surface area contributed by atoms with Crippen LogP contribution in [0.25, 0.3) is 0 Å². The van der Waals surface area contributed by atoms with Crippen molar-refractivity contribution in [2.24, 2.45) is 0 Å². The highest BCUT2D eigenvalue weighted by atomic mass is 16.6. The Morgan fingerprint density at radius 3 is 2.41 bits per heavy atom. The van der Waals surface area contributed by atoms with Crippen molar-refractivity contribution < 1.29 is 24.4 Å². The Morgan fingerprint density at radius 1 is 1.19 bits per heavy atom. The van der Waals surface area contributed by atoms with Gasteiger partial charge in [-0.25, -0.2) is 4.79 Å². The quantitative estimate of drug-likeness (QED) is 0.562. The summed E-state index contributed by atoms with van der Waals surface area (Å²) in [4.78, 5) is 34.4. The van der Waals surface area contributed by atoms with Crippen molar-refractivity contribution in [3.63, 3.8) is 0 Å². The number of hydrogen-bond acceptors (Lipinski definition) is 5. The number of rotatable bonds is 7.